The van der Waals surface area contributed by atoms with Gasteiger partial charge in [-0.05, 0) is 48.9 Å². The molecule has 1 aliphatic heterocycles. The SMILES string of the molecule is CCCCCCCCCCCCCCCCCCC1CC(=O)N(c2cccc(-c3nc4c(-c5ccc(OC)cc5)oc(-n5cccn5)c4[nH]3)c2)C1=O. The molecule has 9 nitrogen and oxygen atoms in total. The molecule has 0 spiro atoms. The fraction of sp³-hybridized carbons (Fsp3) is 0.488. The zero-order valence-electron chi connectivity index (χ0n) is 31.1. The molecule has 1 fully saturated rings. The van der Waals surface area contributed by atoms with Crippen LogP contribution in [0.25, 0.3) is 39.6 Å². The number of amides is 2. The van der Waals surface area contributed by atoms with Crippen LogP contribution in [-0.2, 0) is 9.59 Å². The molecule has 0 radical (unpaired) electrons. The Labute approximate surface area is 308 Å². The standard InChI is InChI=1S/C43H55N5O4/c1-3-4-5-6-7-8-9-10-11-12-13-14-15-16-17-18-21-34-31-37(49)48(42(34)50)35-23-19-22-33(30-35)41-45-38-39(46-41)43(47-29-20-28-44-47)52-40(38)32-24-26-36(51-2)27-25-32/h19-20,22-30,34H,3-18,21,31H2,1-2H3,(H,45,46). The van der Waals surface area contributed by atoms with E-state index in [9.17, 15) is 9.59 Å². The van der Waals surface area contributed by atoms with Crippen molar-refractivity contribution >= 4 is 28.5 Å². The summed E-state index contributed by atoms with van der Waals surface area (Å²) in [4.78, 5) is 36.5. The first kappa shape index (κ1) is 37.1. The van der Waals surface area contributed by atoms with Crippen molar-refractivity contribution < 1.29 is 18.7 Å². The Hall–Kier alpha value is -4.66. The molecule has 3 aromatic heterocycles. The lowest BCUT2D eigenvalue weighted by atomic mass is 9.98. The molecule has 52 heavy (non-hydrogen) atoms. The summed E-state index contributed by atoms with van der Waals surface area (Å²) in [7, 11) is 1.63. The molecule has 1 unspecified atom stereocenters. The average Bonchev–Trinajstić information content (AvgIpc) is 3.97. The van der Waals surface area contributed by atoms with Crippen molar-refractivity contribution in [3.63, 3.8) is 0 Å². The number of anilines is 1. The topological polar surface area (TPSA) is 106 Å². The second-order valence-electron chi connectivity index (χ2n) is 14.3. The van der Waals surface area contributed by atoms with E-state index in [0.717, 1.165) is 36.1 Å². The zero-order chi connectivity index (χ0) is 36.1. The zero-order valence-corrected chi connectivity index (χ0v) is 31.1. The number of nitrogens with one attached hydrogen (secondary N) is 1. The van der Waals surface area contributed by atoms with Gasteiger partial charge in [-0.1, -0.05) is 122 Å². The van der Waals surface area contributed by atoms with Gasteiger partial charge in [0.25, 0.3) is 0 Å². The minimum atomic E-state index is -0.250. The van der Waals surface area contributed by atoms with Crippen molar-refractivity contribution in [3.05, 3.63) is 67.0 Å². The van der Waals surface area contributed by atoms with E-state index in [4.69, 9.17) is 14.1 Å². The van der Waals surface area contributed by atoms with Gasteiger partial charge in [0.15, 0.2) is 5.76 Å². The van der Waals surface area contributed by atoms with E-state index < -0.39 is 0 Å². The van der Waals surface area contributed by atoms with Gasteiger partial charge in [-0.15, -0.1) is 0 Å². The quantitative estimate of drug-likeness (QED) is 0.0567. The van der Waals surface area contributed by atoms with Gasteiger partial charge in [-0.2, -0.15) is 5.10 Å². The third kappa shape index (κ3) is 9.22. The lowest BCUT2D eigenvalue weighted by Gasteiger charge is -2.16. The van der Waals surface area contributed by atoms with Crippen LogP contribution in [0.4, 0.5) is 5.69 Å². The van der Waals surface area contributed by atoms with Crippen molar-refractivity contribution in [2.75, 3.05) is 12.0 Å². The summed E-state index contributed by atoms with van der Waals surface area (Å²) in [6, 6.07) is 16.9. The smallest absolute Gasteiger partial charge is 0.247 e. The van der Waals surface area contributed by atoms with Crippen LogP contribution in [0.3, 0.4) is 0 Å². The van der Waals surface area contributed by atoms with E-state index in [2.05, 4.69) is 17.0 Å². The molecule has 1 aliphatic rings. The number of benzene rings is 2. The predicted molar refractivity (Wildman–Crippen MR) is 208 cm³/mol. The molecule has 5 aromatic rings. The van der Waals surface area contributed by atoms with Crippen LogP contribution in [0.5, 0.6) is 5.75 Å². The minimum absolute atomic E-state index is 0.0946. The molecule has 9 heteroatoms. The van der Waals surface area contributed by atoms with Gasteiger partial charge in [0.05, 0.1) is 12.8 Å². The Morgan fingerprint density at radius 1 is 0.808 bits per heavy atom. The Morgan fingerprint density at radius 3 is 2.08 bits per heavy atom. The molecule has 1 N–H and O–H groups in total. The number of aromatic nitrogens is 4. The number of imide groups is 1. The van der Waals surface area contributed by atoms with Gasteiger partial charge in [0.1, 0.15) is 22.6 Å². The highest BCUT2D eigenvalue weighted by Gasteiger charge is 2.39. The Balaban J connectivity index is 0.998. The fourth-order valence-corrected chi connectivity index (χ4v) is 7.44. The summed E-state index contributed by atoms with van der Waals surface area (Å²) in [5.74, 6) is 1.99. The number of furan rings is 1. The number of hydrogen-bond donors (Lipinski definition) is 1. The number of aromatic amines is 1. The summed E-state index contributed by atoms with van der Waals surface area (Å²) in [6.45, 7) is 2.28. The number of carbonyl (C=O) groups is 2. The van der Waals surface area contributed by atoms with Gasteiger partial charge < -0.3 is 14.1 Å². The highest BCUT2D eigenvalue weighted by molar-refractivity contribution is 6.21. The van der Waals surface area contributed by atoms with E-state index in [1.54, 1.807) is 18.0 Å². The molecule has 0 aliphatic carbocycles. The summed E-state index contributed by atoms with van der Waals surface area (Å²) < 4.78 is 13.3. The number of imidazole rings is 1. The van der Waals surface area contributed by atoms with Gasteiger partial charge in [0, 0.05) is 35.9 Å². The van der Waals surface area contributed by atoms with Crippen LogP contribution in [0.2, 0.25) is 0 Å². The van der Waals surface area contributed by atoms with Crippen LogP contribution in [0.15, 0.2) is 71.4 Å². The highest BCUT2D eigenvalue weighted by Crippen LogP contribution is 2.38. The number of hydrogen-bond acceptors (Lipinski definition) is 6. The number of H-pyrrole nitrogens is 1. The number of nitrogens with zero attached hydrogens (tertiary/aromatic N) is 4. The normalized spacial score (nSPS) is 14.7. The maximum atomic E-state index is 13.5. The lowest BCUT2D eigenvalue weighted by Crippen LogP contribution is -2.30. The molecular formula is C43H55N5O4. The van der Waals surface area contributed by atoms with Crippen molar-refractivity contribution in [2.45, 2.75) is 122 Å². The summed E-state index contributed by atoms with van der Waals surface area (Å²) in [5.41, 5.74) is 3.54. The Morgan fingerprint density at radius 2 is 1.46 bits per heavy atom. The third-order valence-electron chi connectivity index (χ3n) is 10.4. The molecule has 6 rings (SSSR count). The number of fused-ring (bicyclic) bond motifs is 1. The van der Waals surface area contributed by atoms with Crippen molar-refractivity contribution in [2.24, 2.45) is 5.92 Å². The van der Waals surface area contributed by atoms with Gasteiger partial charge in [0.2, 0.25) is 17.7 Å². The molecule has 0 bridgehead atoms. The molecular weight excluding hydrogens is 651 g/mol. The van der Waals surface area contributed by atoms with Crippen LogP contribution in [0.1, 0.15) is 122 Å². The number of ether oxygens (including phenoxy) is 1. The maximum Gasteiger partial charge on any atom is 0.247 e. The van der Waals surface area contributed by atoms with Crippen LogP contribution < -0.4 is 9.64 Å². The van der Waals surface area contributed by atoms with E-state index in [1.165, 1.54) is 94.8 Å². The lowest BCUT2D eigenvalue weighted by molar-refractivity contribution is -0.122. The predicted octanol–water partition coefficient (Wildman–Crippen LogP) is 11.2. The molecule has 2 amide bonds. The van der Waals surface area contributed by atoms with Crippen LogP contribution >= 0.6 is 0 Å². The first-order valence-corrected chi connectivity index (χ1v) is 19.7. The number of carbonyl (C=O) groups excluding carboxylic acids is 2. The number of unbranched alkanes of at least 4 members (excludes halogenated alkanes) is 15. The Kier molecular flexibility index (Phi) is 13.4. The van der Waals surface area contributed by atoms with E-state index in [-0.39, 0.29) is 24.2 Å². The van der Waals surface area contributed by atoms with E-state index >= 15 is 0 Å². The maximum absolute atomic E-state index is 13.5. The first-order chi connectivity index (χ1) is 25.6. The molecule has 0 saturated carbocycles. The van der Waals surface area contributed by atoms with Crippen molar-refractivity contribution in [3.8, 4) is 34.3 Å². The second-order valence-corrected chi connectivity index (χ2v) is 14.3. The van der Waals surface area contributed by atoms with E-state index in [1.807, 2.05) is 60.8 Å². The number of rotatable bonds is 22. The fourth-order valence-electron chi connectivity index (χ4n) is 7.44. The Bertz CT molecular complexity index is 1860. The highest BCUT2D eigenvalue weighted by atomic mass is 16.5. The van der Waals surface area contributed by atoms with Crippen LogP contribution in [0, 0.1) is 5.92 Å². The first-order valence-electron chi connectivity index (χ1n) is 19.7. The van der Waals surface area contributed by atoms with Crippen molar-refractivity contribution in [1.29, 1.82) is 0 Å². The molecule has 276 valence electrons. The average molecular weight is 706 g/mol. The number of methoxy groups -OCH3 is 1. The molecule has 1 atom stereocenters. The summed E-state index contributed by atoms with van der Waals surface area (Å²) in [5, 5.41) is 4.38. The van der Waals surface area contributed by atoms with Crippen LogP contribution in [-0.4, -0.2) is 38.7 Å². The molecule has 1 saturated heterocycles. The molecule has 2 aromatic carbocycles. The van der Waals surface area contributed by atoms with E-state index in [0.29, 0.717) is 34.2 Å². The largest absolute Gasteiger partial charge is 0.497 e. The second kappa shape index (κ2) is 18.7. The van der Waals surface area contributed by atoms with Crippen molar-refractivity contribution in [1.82, 2.24) is 19.7 Å². The van der Waals surface area contributed by atoms with Gasteiger partial charge in [-0.3, -0.25) is 14.5 Å². The van der Waals surface area contributed by atoms with Gasteiger partial charge in [-0.25, -0.2) is 9.67 Å². The minimum Gasteiger partial charge on any atom is -0.497 e. The van der Waals surface area contributed by atoms with Gasteiger partial charge >= 0.3 is 0 Å². The summed E-state index contributed by atoms with van der Waals surface area (Å²) in [6.07, 6.45) is 25.6. The molecule has 4 heterocycles. The third-order valence-corrected chi connectivity index (χ3v) is 10.4. The monoisotopic (exact) mass is 705 g/mol. The summed E-state index contributed by atoms with van der Waals surface area (Å²) >= 11 is 0.